The smallest absolute Gasteiger partial charge is 0.315 e. The van der Waals surface area contributed by atoms with E-state index in [1.165, 1.54) is 29.3 Å². The number of para-hydroxylation sites is 1. The number of carbonyl (C=O) groups is 1. The Morgan fingerprint density at radius 1 is 1.25 bits per heavy atom. The zero-order valence-corrected chi connectivity index (χ0v) is 15.3. The number of amides is 2. The van der Waals surface area contributed by atoms with Gasteiger partial charge in [0.2, 0.25) is 0 Å². The van der Waals surface area contributed by atoms with Gasteiger partial charge in [0.1, 0.15) is 0 Å². The highest BCUT2D eigenvalue weighted by atomic mass is 16.2. The summed E-state index contributed by atoms with van der Waals surface area (Å²) in [5.41, 5.74) is 8.09. The molecule has 1 fully saturated rings. The van der Waals surface area contributed by atoms with Gasteiger partial charge in [0.05, 0.1) is 0 Å². The number of aromatic nitrogens is 1. The van der Waals surface area contributed by atoms with E-state index in [2.05, 4.69) is 62.8 Å². The van der Waals surface area contributed by atoms with Crippen molar-refractivity contribution in [1.82, 2.24) is 9.47 Å². The van der Waals surface area contributed by atoms with E-state index >= 15 is 0 Å². The number of carbonyl (C=O) groups excluding carboxylic acids is 1. The Morgan fingerprint density at radius 2 is 1.88 bits per heavy atom. The molecule has 0 spiro atoms. The molecule has 0 bridgehead atoms. The molecule has 1 heterocycles. The van der Waals surface area contributed by atoms with Crippen LogP contribution in [0.25, 0.3) is 10.9 Å². The quantitative estimate of drug-likeness (QED) is 0.904. The van der Waals surface area contributed by atoms with Crippen LogP contribution in [0.3, 0.4) is 0 Å². The molecule has 4 heteroatoms. The first-order chi connectivity index (χ1) is 11.2. The summed E-state index contributed by atoms with van der Waals surface area (Å²) in [5.74, 6) is 0. The number of hydrogen-bond donors (Lipinski definition) is 1. The summed E-state index contributed by atoms with van der Waals surface area (Å²) in [5, 5.41) is 1.31. The highest BCUT2D eigenvalue weighted by molar-refractivity contribution is 5.85. The summed E-state index contributed by atoms with van der Waals surface area (Å²) < 4.78 is 2.20. The molecule has 4 nitrogen and oxygen atoms in total. The van der Waals surface area contributed by atoms with E-state index in [9.17, 15) is 4.79 Å². The van der Waals surface area contributed by atoms with Crippen molar-refractivity contribution in [2.45, 2.75) is 57.4 Å². The molecule has 0 aliphatic heterocycles. The van der Waals surface area contributed by atoms with Gasteiger partial charge in [-0.05, 0) is 45.2 Å². The van der Waals surface area contributed by atoms with Crippen molar-refractivity contribution in [1.29, 1.82) is 0 Å². The third-order valence-corrected chi connectivity index (χ3v) is 5.57. The lowest BCUT2D eigenvalue weighted by molar-refractivity contribution is 0.128. The van der Waals surface area contributed by atoms with E-state index < -0.39 is 0 Å². The van der Waals surface area contributed by atoms with Gasteiger partial charge in [0.25, 0.3) is 0 Å². The van der Waals surface area contributed by atoms with Crippen LogP contribution in [0.5, 0.6) is 0 Å². The maximum absolute atomic E-state index is 12.1. The maximum atomic E-state index is 12.1. The Morgan fingerprint density at radius 3 is 2.46 bits per heavy atom. The van der Waals surface area contributed by atoms with Gasteiger partial charge >= 0.3 is 6.03 Å². The number of urea groups is 1. The number of primary amides is 1. The van der Waals surface area contributed by atoms with Gasteiger partial charge < -0.3 is 15.2 Å². The standard InChI is InChI=1S/C20H29N3O/c1-19(2,3)23(18(21)24)14-20(11-7-8-12-20)16-13-22(4)17-10-6-5-9-15(16)17/h5-6,9-10,13H,7-8,11-12,14H2,1-4H3,(H2,21,24). The predicted molar refractivity (Wildman–Crippen MR) is 99.1 cm³/mol. The van der Waals surface area contributed by atoms with E-state index in [1.807, 2.05) is 4.90 Å². The summed E-state index contributed by atoms with van der Waals surface area (Å²) in [7, 11) is 2.10. The number of rotatable bonds is 3. The SMILES string of the molecule is Cn1cc(C2(CN(C(N)=O)C(C)(C)C)CCCC2)c2ccccc21. The summed E-state index contributed by atoms with van der Waals surface area (Å²) in [4.78, 5) is 14.0. The zero-order chi connectivity index (χ0) is 17.5. The highest BCUT2D eigenvalue weighted by Gasteiger charge is 2.42. The fourth-order valence-electron chi connectivity index (χ4n) is 4.28. The molecular formula is C20H29N3O. The van der Waals surface area contributed by atoms with Crippen LogP contribution in [0.2, 0.25) is 0 Å². The fraction of sp³-hybridized carbons (Fsp3) is 0.550. The summed E-state index contributed by atoms with van der Waals surface area (Å²) in [6, 6.07) is 8.23. The van der Waals surface area contributed by atoms with Gasteiger partial charge in [-0.1, -0.05) is 31.0 Å². The summed E-state index contributed by atoms with van der Waals surface area (Å²) in [6.45, 7) is 6.87. The molecule has 0 unspecified atom stereocenters. The van der Waals surface area contributed by atoms with Crippen LogP contribution in [0.4, 0.5) is 4.79 Å². The topological polar surface area (TPSA) is 51.3 Å². The molecule has 1 saturated carbocycles. The average Bonchev–Trinajstić information content (AvgIpc) is 3.10. The zero-order valence-electron chi connectivity index (χ0n) is 15.3. The van der Waals surface area contributed by atoms with Crippen molar-refractivity contribution in [2.24, 2.45) is 12.8 Å². The van der Waals surface area contributed by atoms with Crippen molar-refractivity contribution >= 4 is 16.9 Å². The van der Waals surface area contributed by atoms with Crippen LogP contribution >= 0.6 is 0 Å². The van der Waals surface area contributed by atoms with E-state index in [0.717, 1.165) is 12.8 Å². The molecule has 2 aromatic rings. The minimum atomic E-state index is -0.325. The average molecular weight is 327 g/mol. The van der Waals surface area contributed by atoms with Crippen molar-refractivity contribution in [2.75, 3.05) is 6.54 Å². The minimum absolute atomic E-state index is 0.00315. The van der Waals surface area contributed by atoms with Gasteiger partial charge in [0, 0.05) is 41.6 Å². The van der Waals surface area contributed by atoms with Crippen molar-refractivity contribution < 1.29 is 4.79 Å². The number of nitrogens with two attached hydrogens (primary N) is 1. The second-order valence-electron chi connectivity index (χ2n) is 8.25. The summed E-state index contributed by atoms with van der Waals surface area (Å²) >= 11 is 0. The molecule has 1 aromatic carbocycles. The van der Waals surface area contributed by atoms with Gasteiger partial charge in [-0.2, -0.15) is 0 Å². The van der Waals surface area contributed by atoms with Gasteiger partial charge in [-0.15, -0.1) is 0 Å². The van der Waals surface area contributed by atoms with Crippen molar-refractivity contribution in [3.63, 3.8) is 0 Å². The van der Waals surface area contributed by atoms with E-state index in [1.54, 1.807) is 0 Å². The first kappa shape index (κ1) is 16.9. The molecule has 0 atom stereocenters. The van der Waals surface area contributed by atoms with Gasteiger partial charge in [-0.25, -0.2) is 4.79 Å². The van der Waals surface area contributed by atoms with Crippen LogP contribution in [0, 0.1) is 0 Å². The Bertz CT molecular complexity index is 748. The Labute approximate surface area is 144 Å². The number of fused-ring (bicyclic) bond motifs is 1. The number of aryl methyl sites for hydroxylation is 1. The third-order valence-electron chi connectivity index (χ3n) is 5.57. The normalized spacial score (nSPS) is 17.3. The van der Waals surface area contributed by atoms with E-state index in [4.69, 9.17) is 5.73 Å². The fourth-order valence-corrected chi connectivity index (χ4v) is 4.28. The largest absolute Gasteiger partial charge is 0.351 e. The van der Waals surface area contributed by atoms with Gasteiger partial charge in [-0.3, -0.25) is 0 Å². The lowest BCUT2D eigenvalue weighted by Crippen LogP contribution is -2.53. The molecule has 1 aliphatic carbocycles. The number of hydrogen-bond acceptors (Lipinski definition) is 1. The number of nitrogens with zero attached hydrogens (tertiary/aromatic N) is 2. The van der Waals surface area contributed by atoms with Gasteiger partial charge in [0.15, 0.2) is 0 Å². The first-order valence-corrected chi connectivity index (χ1v) is 8.86. The van der Waals surface area contributed by atoms with Crippen LogP contribution < -0.4 is 5.73 Å². The van der Waals surface area contributed by atoms with Crippen LogP contribution in [0.1, 0.15) is 52.0 Å². The predicted octanol–water partition coefficient (Wildman–Crippen LogP) is 4.17. The van der Waals surface area contributed by atoms with Crippen LogP contribution in [0.15, 0.2) is 30.5 Å². The molecular weight excluding hydrogens is 298 g/mol. The monoisotopic (exact) mass is 327 g/mol. The molecule has 3 rings (SSSR count). The molecule has 130 valence electrons. The maximum Gasteiger partial charge on any atom is 0.315 e. The molecule has 0 radical (unpaired) electrons. The lowest BCUT2D eigenvalue weighted by atomic mass is 9.77. The summed E-state index contributed by atoms with van der Waals surface area (Å²) in [6.07, 6.45) is 6.90. The lowest BCUT2D eigenvalue weighted by Gasteiger charge is -2.41. The van der Waals surface area contributed by atoms with E-state index in [-0.39, 0.29) is 17.0 Å². The second kappa shape index (κ2) is 5.83. The van der Waals surface area contributed by atoms with Crippen molar-refractivity contribution in [3.8, 4) is 0 Å². The molecule has 2 amide bonds. The Kier molecular flexibility index (Phi) is 4.10. The molecule has 0 saturated heterocycles. The second-order valence-corrected chi connectivity index (χ2v) is 8.25. The van der Waals surface area contributed by atoms with Crippen molar-refractivity contribution in [3.05, 3.63) is 36.0 Å². The van der Waals surface area contributed by atoms with Crippen LogP contribution in [-0.2, 0) is 12.5 Å². The number of benzene rings is 1. The molecule has 1 aromatic heterocycles. The minimum Gasteiger partial charge on any atom is -0.351 e. The first-order valence-electron chi connectivity index (χ1n) is 8.86. The molecule has 2 N–H and O–H groups in total. The molecule has 24 heavy (non-hydrogen) atoms. The Hall–Kier alpha value is -1.97. The van der Waals surface area contributed by atoms with E-state index in [0.29, 0.717) is 6.54 Å². The Balaban J connectivity index is 2.10. The highest BCUT2D eigenvalue weighted by Crippen LogP contribution is 2.45. The molecule has 1 aliphatic rings. The van der Waals surface area contributed by atoms with Crippen LogP contribution in [-0.4, -0.2) is 27.6 Å². The third kappa shape index (κ3) is 2.79.